The van der Waals surface area contributed by atoms with Crippen molar-refractivity contribution >= 4 is 34.1 Å². The van der Waals surface area contributed by atoms with E-state index in [1.807, 2.05) is 0 Å². The van der Waals surface area contributed by atoms with E-state index < -0.39 is 35.1 Å². The molecule has 0 aromatic heterocycles. The predicted molar refractivity (Wildman–Crippen MR) is 135 cm³/mol. The Kier molecular flexibility index (Phi) is 7.08. The average Bonchev–Trinajstić information content (AvgIpc) is 2.88. The summed E-state index contributed by atoms with van der Waals surface area (Å²) in [7, 11) is -8.16. The van der Waals surface area contributed by atoms with Crippen LogP contribution in [0, 0.1) is 6.92 Å². The van der Waals surface area contributed by atoms with Crippen molar-refractivity contribution in [2.45, 2.75) is 17.9 Å². The summed E-state index contributed by atoms with van der Waals surface area (Å²) >= 11 is 0. The molecule has 0 saturated heterocycles. The zero-order valence-electron chi connectivity index (χ0n) is 19.5. The maximum absolute atomic E-state index is 17.4. The van der Waals surface area contributed by atoms with Crippen LogP contribution in [0.5, 0.6) is 5.75 Å². The number of ether oxygens (including phenoxy) is 1. The Morgan fingerprint density at radius 2 is 1.31 bits per heavy atom. The lowest BCUT2D eigenvalue weighted by molar-refractivity contribution is -0.180. The van der Waals surface area contributed by atoms with Gasteiger partial charge in [-0.3, -0.25) is 4.11 Å². The molecule has 0 amide bonds. The first-order chi connectivity index (χ1) is 17.1. The van der Waals surface area contributed by atoms with E-state index in [2.05, 4.69) is 4.18 Å². The van der Waals surface area contributed by atoms with Gasteiger partial charge >= 0.3 is 24.6 Å². The van der Waals surface area contributed by atoms with Gasteiger partial charge in [0.1, 0.15) is 5.75 Å². The Morgan fingerprint density at radius 3 is 1.81 bits per heavy atom. The molecule has 36 heavy (non-hydrogen) atoms. The zero-order chi connectivity index (χ0) is 26.0. The first kappa shape index (κ1) is 25.7. The molecule has 0 atom stereocenters. The molecule has 4 aromatic carbocycles. The zero-order valence-corrected chi connectivity index (χ0v) is 21.3. The van der Waals surface area contributed by atoms with Gasteiger partial charge in [-0.2, -0.15) is 21.4 Å². The molecule has 0 spiro atoms. The first-order valence-electron chi connectivity index (χ1n) is 11.0. The number of hydrogen-bond acceptors (Lipinski definition) is 4. The fraction of sp³-hybridized carbons (Fsp3) is 0.111. The van der Waals surface area contributed by atoms with E-state index in [0.717, 1.165) is 11.6 Å². The van der Waals surface area contributed by atoms with Gasteiger partial charge < -0.3 is 4.74 Å². The summed E-state index contributed by atoms with van der Waals surface area (Å²) in [6.07, 6.45) is -4.40. The lowest BCUT2D eigenvalue weighted by atomic mass is 10.2. The van der Waals surface area contributed by atoms with Gasteiger partial charge in [-0.05, 0) is 46.7 Å². The summed E-state index contributed by atoms with van der Waals surface area (Å²) in [6, 6.07) is 24.8. The molecule has 4 nitrogen and oxygen atoms in total. The summed E-state index contributed by atoms with van der Waals surface area (Å²) in [6.45, 7) is 1.73. The molecule has 0 saturated carbocycles. The highest BCUT2D eigenvalue weighted by molar-refractivity contribution is 7.86. The molecule has 0 aliphatic heterocycles. The molecule has 0 aliphatic rings. The van der Waals surface area contributed by atoms with Crippen LogP contribution in [0.4, 0.5) is 12.9 Å². The number of rotatable bonds is 8. The van der Waals surface area contributed by atoms with Crippen LogP contribution in [-0.4, -0.2) is 23.9 Å². The van der Waals surface area contributed by atoms with Crippen LogP contribution >= 0.6 is 0 Å². The van der Waals surface area contributed by atoms with Gasteiger partial charge in [0.25, 0.3) is 0 Å². The van der Waals surface area contributed by atoms with E-state index in [0.29, 0.717) is 0 Å². The second-order valence-electron chi connectivity index (χ2n) is 8.17. The molecule has 0 radical (unpaired) electrons. The van der Waals surface area contributed by atoms with E-state index in [9.17, 15) is 8.42 Å². The van der Waals surface area contributed by atoms with E-state index in [-0.39, 0.29) is 21.3 Å². The minimum absolute atomic E-state index is 0.00207. The van der Waals surface area contributed by atoms with Crippen molar-refractivity contribution in [2.75, 3.05) is 7.11 Å². The molecular formula is C27H23F3O4SSi. The normalized spacial score (nSPS) is 12.4. The van der Waals surface area contributed by atoms with Crippen molar-refractivity contribution in [1.82, 2.24) is 0 Å². The molecule has 4 rings (SSSR count). The SMILES string of the molecule is COc1ccc([Si](F)(c2ccccc2)c2ccccc2)c(C(F)(F)OS(=O)(=O)c2ccc(C)cc2)c1. The number of aryl methyl sites for hydroxylation is 1. The van der Waals surface area contributed by atoms with Crippen molar-refractivity contribution in [3.05, 3.63) is 114 Å². The molecule has 0 unspecified atom stereocenters. The van der Waals surface area contributed by atoms with Crippen LogP contribution < -0.4 is 20.3 Å². The van der Waals surface area contributed by atoms with Crippen molar-refractivity contribution in [3.8, 4) is 5.75 Å². The van der Waals surface area contributed by atoms with E-state index in [1.165, 1.54) is 67.8 Å². The van der Waals surface area contributed by atoms with Crippen molar-refractivity contribution in [2.24, 2.45) is 0 Å². The fourth-order valence-corrected chi connectivity index (χ4v) is 8.03. The molecule has 0 bridgehead atoms. The van der Waals surface area contributed by atoms with Crippen molar-refractivity contribution in [1.29, 1.82) is 0 Å². The van der Waals surface area contributed by atoms with Gasteiger partial charge in [0.15, 0.2) is 0 Å². The number of alkyl halides is 2. The highest BCUT2D eigenvalue weighted by atomic mass is 32.2. The summed E-state index contributed by atoms with van der Waals surface area (Å²) in [5.74, 6) is 0.00207. The predicted octanol–water partition coefficient (Wildman–Crippen LogP) is 4.39. The Labute approximate surface area is 209 Å². The molecule has 0 N–H and O–H groups in total. The number of benzene rings is 4. The second kappa shape index (κ2) is 9.92. The smallest absolute Gasteiger partial charge is 0.397 e. The summed E-state index contributed by atoms with van der Waals surface area (Å²) < 4.78 is 84.0. The van der Waals surface area contributed by atoms with Crippen molar-refractivity contribution in [3.63, 3.8) is 0 Å². The highest BCUT2D eigenvalue weighted by Crippen LogP contribution is 2.35. The summed E-state index contributed by atoms with van der Waals surface area (Å²) in [5, 5.41) is 0.101. The van der Waals surface area contributed by atoms with Crippen LogP contribution in [0.15, 0.2) is 108 Å². The quantitative estimate of drug-likeness (QED) is 0.147. The topological polar surface area (TPSA) is 52.6 Å². The Balaban J connectivity index is 1.92. The maximum atomic E-state index is 17.4. The molecule has 186 valence electrons. The third-order valence-corrected chi connectivity index (χ3v) is 10.5. The first-order valence-corrected chi connectivity index (χ1v) is 14.3. The van der Waals surface area contributed by atoms with Crippen LogP contribution in [-0.2, 0) is 20.4 Å². The highest BCUT2D eigenvalue weighted by Gasteiger charge is 2.50. The average molecular weight is 529 g/mol. The van der Waals surface area contributed by atoms with Crippen LogP contribution in [0.25, 0.3) is 0 Å². The monoisotopic (exact) mass is 528 g/mol. The van der Waals surface area contributed by atoms with Gasteiger partial charge in [-0.25, -0.2) is 0 Å². The fourth-order valence-electron chi connectivity index (χ4n) is 3.94. The molecule has 0 aliphatic carbocycles. The molecule has 0 heterocycles. The van der Waals surface area contributed by atoms with Gasteiger partial charge in [0.2, 0.25) is 0 Å². The van der Waals surface area contributed by atoms with Gasteiger partial charge in [0.05, 0.1) is 17.6 Å². The van der Waals surface area contributed by atoms with Crippen LogP contribution in [0.2, 0.25) is 0 Å². The third-order valence-electron chi connectivity index (χ3n) is 5.78. The number of hydrogen-bond donors (Lipinski definition) is 0. The largest absolute Gasteiger partial charge is 0.497 e. The van der Waals surface area contributed by atoms with Crippen molar-refractivity contribution < 1.29 is 30.2 Å². The number of halogens is 3. The second-order valence-corrected chi connectivity index (χ2v) is 12.7. The van der Waals surface area contributed by atoms with E-state index in [1.54, 1.807) is 43.3 Å². The van der Waals surface area contributed by atoms with Gasteiger partial charge in [-0.1, -0.05) is 84.4 Å². The summed E-state index contributed by atoms with van der Waals surface area (Å²) in [4.78, 5) is -0.438. The third kappa shape index (κ3) is 4.95. The maximum Gasteiger partial charge on any atom is 0.397 e. The molecular weight excluding hydrogens is 505 g/mol. The lowest BCUT2D eigenvalue weighted by Gasteiger charge is -2.29. The van der Waals surface area contributed by atoms with E-state index in [4.69, 9.17) is 4.74 Å². The molecule has 0 fully saturated rings. The number of methoxy groups -OCH3 is 1. The summed E-state index contributed by atoms with van der Waals surface area (Å²) in [5.41, 5.74) is -0.172. The lowest BCUT2D eigenvalue weighted by Crippen LogP contribution is -2.65. The van der Waals surface area contributed by atoms with E-state index >= 15 is 12.9 Å². The Bertz CT molecular complexity index is 1410. The van der Waals surface area contributed by atoms with Crippen LogP contribution in [0.1, 0.15) is 11.1 Å². The Morgan fingerprint density at radius 1 is 0.778 bits per heavy atom. The standard InChI is InChI=1S/C27H23F3O4SSi/c1-20-13-16-22(17-14-20)35(31,32)34-27(28,29)25-19-21(33-2)15-18-26(25)36(30,23-9-5-3-6-10-23)24-11-7-4-8-12-24/h3-19H,1-2H3. The Hall–Kier alpha value is -3.40. The minimum atomic E-state index is -4.89. The van der Waals surface area contributed by atoms with Gasteiger partial charge in [-0.15, -0.1) is 0 Å². The molecule has 9 heteroatoms. The van der Waals surface area contributed by atoms with Crippen LogP contribution in [0.3, 0.4) is 0 Å². The molecule has 4 aromatic rings. The van der Waals surface area contributed by atoms with Gasteiger partial charge in [0, 0.05) is 0 Å². The minimum Gasteiger partial charge on any atom is -0.497 e.